The Bertz CT molecular complexity index is 695. The number of hydrogen-bond donors (Lipinski definition) is 1. The summed E-state index contributed by atoms with van der Waals surface area (Å²) >= 11 is 1.64. The van der Waals surface area contributed by atoms with Crippen molar-refractivity contribution in [3.05, 3.63) is 65.7 Å². The smallest absolute Gasteiger partial charge is 0.232 e. The molecule has 140 valence electrons. The molecule has 0 aromatic heterocycles. The van der Waals surface area contributed by atoms with Crippen LogP contribution in [0.15, 0.2) is 54.6 Å². The van der Waals surface area contributed by atoms with Crippen molar-refractivity contribution in [1.82, 2.24) is 5.32 Å². The molecule has 0 fully saturated rings. The molecule has 0 aliphatic carbocycles. The Balaban J connectivity index is 1.73. The fourth-order valence-electron chi connectivity index (χ4n) is 2.56. The average Bonchev–Trinajstić information content (AvgIpc) is 2.63. The number of para-hydroxylation sites is 1. The van der Waals surface area contributed by atoms with Gasteiger partial charge in [-0.1, -0.05) is 69.3 Å². The van der Waals surface area contributed by atoms with Gasteiger partial charge in [0.25, 0.3) is 0 Å². The maximum absolute atomic E-state index is 12.2. The number of carbonyl (C=O) groups is 1. The van der Waals surface area contributed by atoms with E-state index in [0.717, 1.165) is 11.5 Å². The molecule has 4 heteroatoms. The number of nitrogens with one attached hydrogen (secondary N) is 1. The van der Waals surface area contributed by atoms with Crippen LogP contribution in [0.4, 0.5) is 0 Å². The van der Waals surface area contributed by atoms with Gasteiger partial charge in [0.1, 0.15) is 12.4 Å². The highest BCUT2D eigenvalue weighted by Crippen LogP contribution is 2.30. The van der Waals surface area contributed by atoms with E-state index in [1.54, 1.807) is 11.8 Å². The van der Waals surface area contributed by atoms with Crippen LogP contribution in [0, 0.1) is 0 Å². The summed E-state index contributed by atoms with van der Waals surface area (Å²) in [4.78, 5) is 12.2. The van der Waals surface area contributed by atoms with Crippen LogP contribution in [0.2, 0.25) is 0 Å². The van der Waals surface area contributed by atoms with Crippen LogP contribution in [-0.2, 0) is 16.0 Å². The fraction of sp³-hybridized carbons (Fsp3) is 0.409. The number of carbonyl (C=O) groups excluding carboxylic acids is 1. The molecule has 0 heterocycles. The van der Waals surface area contributed by atoms with Gasteiger partial charge in [0, 0.05) is 5.75 Å². The van der Waals surface area contributed by atoms with E-state index in [1.807, 2.05) is 43.3 Å². The van der Waals surface area contributed by atoms with Gasteiger partial charge in [0.2, 0.25) is 5.91 Å². The first kappa shape index (κ1) is 20.4. The van der Waals surface area contributed by atoms with Crippen LogP contribution in [-0.4, -0.2) is 24.3 Å². The Kier molecular flexibility index (Phi) is 7.58. The van der Waals surface area contributed by atoms with E-state index in [4.69, 9.17) is 4.74 Å². The summed E-state index contributed by atoms with van der Waals surface area (Å²) in [7, 11) is 0. The first-order chi connectivity index (χ1) is 12.4. The topological polar surface area (TPSA) is 38.3 Å². The average molecular weight is 372 g/mol. The molecule has 0 aliphatic heterocycles. The van der Waals surface area contributed by atoms with E-state index in [1.165, 1.54) is 11.1 Å². The molecule has 2 aromatic rings. The number of thioether (sulfide) groups is 1. The number of ether oxygens (including phenoxy) is 1. The molecule has 0 bridgehead atoms. The third-order valence-electron chi connectivity index (χ3n) is 4.07. The highest BCUT2D eigenvalue weighted by atomic mass is 32.2. The summed E-state index contributed by atoms with van der Waals surface area (Å²) in [5.74, 6) is 1.78. The third-order valence-corrected chi connectivity index (χ3v) is 5.28. The molecule has 1 N–H and O–H groups in total. The lowest BCUT2D eigenvalue weighted by Crippen LogP contribution is -2.34. The zero-order valence-corrected chi connectivity index (χ0v) is 16.9. The molecule has 1 amide bonds. The van der Waals surface area contributed by atoms with Gasteiger partial charge >= 0.3 is 0 Å². The van der Waals surface area contributed by atoms with Crippen LogP contribution in [0.3, 0.4) is 0 Å². The first-order valence-corrected chi connectivity index (χ1v) is 10.1. The highest BCUT2D eigenvalue weighted by molar-refractivity contribution is 7.99. The van der Waals surface area contributed by atoms with Crippen LogP contribution in [0.5, 0.6) is 5.75 Å². The molecule has 1 unspecified atom stereocenters. The van der Waals surface area contributed by atoms with Crippen molar-refractivity contribution >= 4 is 17.7 Å². The first-order valence-electron chi connectivity index (χ1n) is 9.03. The van der Waals surface area contributed by atoms with E-state index in [9.17, 15) is 4.79 Å². The molecule has 0 saturated heterocycles. The molecule has 0 aliphatic rings. The summed E-state index contributed by atoms with van der Waals surface area (Å²) in [6.45, 7) is 9.43. The van der Waals surface area contributed by atoms with Crippen LogP contribution >= 0.6 is 11.8 Å². The maximum Gasteiger partial charge on any atom is 0.232 e. The molecule has 26 heavy (non-hydrogen) atoms. The minimum Gasteiger partial charge on any atom is -0.491 e. The molecule has 2 aromatic carbocycles. The minimum atomic E-state index is -0.0860. The van der Waals surface area contributed by atoms with E-state index in [0.29, 0.717) is 13.2 Å². The third kappa shape index (κ3) is 6.41. The number of benzene rings is 2. The van der Waals surface area contributed by atoms with Crippen molar-refractivity contribution in [2.24, 2.45) is 0 Å². The zero-order chi connectivity index (χ0) is 19.0. The van der Waals surface area contributed by atoms with Gasteiger partial charge in [-0.25, -0.2) is 0 Å². The Labute approximate surface area is 161 Å². The van der Waals surface area contributed by atoms with Crippen molar-refractivity contribution in [3.8, 4) is 5.75 Å². The Morgan fingerprint density at radius 1 is 1.08 bits per heavy atom. The van der Waals surface area contributed by atoms with E-state index in [2.05, 4.69) is 44.3 Å². The maximum atomic E-state index is 12.2. The highest BCUT2D eigenvalue weighted by Gasteiger charge is 2.18. The molecule has 3 nitrogen and oxygen atoms in total. The predicted molar refractivity (Wildman–Crippen MR) is 111 cm³/mol. The number of hydrogen-bond acceptors (Lipinski definition) is 3. The van der Waals surface area contributed by atoms with E-state index >= 15 is 0 Å². The lowest BCUT2D eigenvalue weighted by Gasteiger charge is -2.22. The van der Waals surface area contributed by atoms with Crippen molar-refractivity contribution in [1.29, 1.82) is 0 Å². The molecular formula is C22H29NO2S. The van der Waals surface area contributed by atoms with Crippen molar-refractivity contribution in [2.45, 2.75) is 44.1 Å². The Morgan fingerprint density at radius 2 is 1.73 bits per heavy atom. The second-order valence-corrected chi connectivity index (χ2v) is 8.65. The number of rotatable bonds is 8. The fourth-order valence-corrected chi connectivity index (χ4v) is 3.43. The quantitative estimate of drug-likeness (QED) is 0.677. The summed E-state index contributed by atoms with van der Waals surface area (Å²) in [5, 5.41) is 2.88. The van der Waals surface area contributed by atoms with Crippen molar-refractivity contribution in [2.75, 3.05) is 13.2 Å². The van der Waals surface area contributed by atoms with Crippen molar-refractivity contribution < 1.29 is 9.53 Å². The second kappa shape index (κ2) is 9.67. The van der Waals surface area contributed by atoms with Gasteiger partial charge in [0.05, 0.1) is 11.8 Å². The standard InChI is InChI=1S/C22H29NO2S/c1-17(26-16-18-10-6-5-7-11-18)21(24)23-14-15-25-20-13-9-8-12-19(20)22(2,3)4/h5-13,17H,14-16H2,1-4H3,(H,23,24). The van der Waals surface area contributed by atoms with Gasteiger partial charge in [-0.3, -0.25) is 4.79 Å². The van der Waals surface area contributed by atoms with Gasteiger partial charge in [-0.2, -0.15) is 0 Å². The monoisotopic (exact) mass is 371 g/mol. The Morgan fingerprint density at radius 3 is 2.42 bits per heavy atom. The van der Waals surface area contributed by atoms with Crippen LogP contribution in [0.25, 0.3) is 0 Å². The molecule has 1 atom stereocenters. The molecule has 0 saturated carbocycles. The predicted octanol–water partition coefficient (Wildman–Crippen LogP) is 4.80. The summed E-state index contributed by atoms with van der Waals surface area (Å²) in [6.07, 6.45) is 0. The van der Waals surface area contributed by atoms with Crippen molar-refractivity contribution in [3.63, 3.8) is 0 Å². The second-order valence-electron chi connectivity index (χ2n) is 7.32. The zero-order valence-electron chi connectivity index (χ0n) is 16.1. The summed E-state index contributed by atoms with van der Waals surface area (Å²) in [6, 6.07) is 18.3. The largest absolute Gasteiger partial charge is 0.491 e. The van der Waals surface area contributed by atoms with Crippen LogP contribution < -0.4 is 10.1 Å². The number of amides is 1. The van der Waals surface area contributed by atoms with Crippen LogP contribution in [0.1, 0.15) is 38.8 Å². The van der Waals surface area contributed by atoms with Gasteiger partial charge in [0.15, 0.2) is 0 Å². The van der Waals surface area contributed by atoms with Gasteiger partial charge < -0.3 is 10.1 Å². The van der Waals surface area contributed by atoms with E-state index < -0.39 is 0 Å². The SMILES string of the molecule is CC(SCc1ccccc1)C(=O)NCCOc1ccccc1C(C)(C)C. The normalized spacial score (nSPS) is 12.5. The van der Waals surface area contributed by atoms with Gasteiger partial charge in [-0.05, 0) is 29.5 Å². The van der Waals surface area contributed by atoms with E-state index in [-0.39, 0.29) is 16.6 Å². The molecule has 0 radical (unpaired) electrons. The lowest BCUT2D eigenvalue weighted by molar-refractivity contribution is -0.120. The molecule has 0 spiro atoms. The lowest BCUT2D eigenvalue weighted by atomic mass is 9.86. The summed E-state index contributed by atoms with van der Waals surface area (Å²) < 4.78 is 5.90. The minimum absolute atomic E-state index is 0.0302. The molecular weight excluding hydrogens is 342 g/mol. The summed E-state index contributed by atoms with van der Waals surface area (Å²) in [5.41, 5.74) is 2.44. The molecule has 2 rings (SSSR count). The Hall–Kier alpha value is -1.94. The van der Waals surface area contributed by atoms with Gasteiger partial charge in [-0.15, -0.1) is 11.8 Å².